The Morgan fingerprint density at radius 2 is 2.05 bits per heavy atom. The Morgan fingerprint density at radius 1 is 1.37 bits per heavy atom. The maximum absolute atomic E-state index is 11.3. The van der Waals surface area contributed by atoms with Crippen molar-refractivity contribution in [3.05, 3.63) is 35.5 Å². The second-order valence-electron chi connectivity index (χ2n) is 4.91. The number of fused-ring (bicyclic) bond motifs is 1. The normalized spacial score (nSPS) is 11.6. The van der Waals surface area contributed by atoms with Crippen LogP contribution in [0.15, 0.2) is 30.5 Å². The number of carboxylic acid groups (broad SMARTS) is 1. The first-order valence-corrected chi connectivity index (χ1v) is 6.23. The van der Waals surface area contributed by atoms with E-state index >= 15 is 0 Å². The van der Waals surface area contributed by atoms with Crippen molar-refractivity contribution in [2.45, 2.75) is 19.4 Å². The number of rotatable bonds is 3. The number of nitrogens with zero attached hydrogens (tertiary/aromatic N) is 2. The third-order valence-corrected chi connectivity index (χ3v) is 3.64. The summed E-state index contributed by atoms with van der Waals surface area (Å²) in [5.41, 5.74) is 0.556. The summed E-state index contributed by atoms with van der Waals surface area (Å²) in [6.45, 7) is 3.33. The molecule has 0 spiro atoms. The summed E-state index contributed by atoms with van der Waals surface area (Å²) in [5, 5.41) is 10.8. The minimum absolute atomic E-state index is 0.609. The van der Waals surface area contributed by atoms with E-state index in [1.807, 2.05) is 6.07 Å². The largest absolute Gasteiger partial charge is 0.480 e. The highest BCUT2D eigenvalue weighted by Crippen LogP contribution is 2.30. The van der Waals surface area contributed by atoms with Crippen LogP contribution in [0, 0.1) is 0 Å². The highest BCUT2D eigenvalue weighted by atomic mass is 35.5. The molecule has 0 saturated heterocycles. The fraction of sp³-hybridized carbons (Fsp3) is 0.286. The van der Waals surface area contributed by atoms with Crippen LogP contribution in [0.5, 0.6) is 0 Å². The number of carboxylic acids is 1. The second kappa shape index (κ2) is 4.70. The molecule has 0 aliphatic rings. The SMILES string of the molecule is CN(c1ccnc2cc(Cl)ccc12)C(C)(C)C(=O)O. The van der Waals surface area contributed by atoms with Crippen LogP contribution in [0.4, 0.5) is 5.69 Å². The maximum Gasteiger partial charge on any atom is 0.328 e. The van der Waals surface area contributed by atoms with Crippen molar-refractivity contribution in [2.75, 3.05) is 11.9 Å². The molecule has 0 fully saturated rings. The standard InChI is InChI=1S/C14H15ClN2O2/c1-14(2,13(18)19)17(3)12-6-7-16-11-8-9(15)4-5-10(11)12/h4-8H,1-3H3,(H,18,19). The lowest BCUT2D eigenvalue weighted by atomic mass is 10.0. The predicted molar refractivity (Wildman–Crippen MR) is 76.9 cm³/mol. The molecule has 0 amide bonds. The molecule has 5 heteroatoms. The van der Waals surface area contributed by atoms with Gasteiger partial charge in [-0.3, -0.25) is 4.98 Å². The van der Waals surface area contributed by atoms with Crippen molar-refractivity contribution >= 4 is 34.2 Å². The minimum atomic E-state index is -1.01. The van der Waals surface area contributed by atoms with Gasteiger partial charge in [-0.2, -0.15) is 0 Å². The van der Waals surface area contributed by atoms with Crippen molar-refractivity contribution in [3.63, 3.8) is 0 Å². The maximum atomic E-state index is 11.3. The first kappa shape index (κ1) is 13.6. The summed E-state index contributed by atoms with van der Waals surface area (Å²) in [6.07, 6.45) is 1.66. The average Bonchev–Trinajstić information content (AvgIpc) is 2.36. The third kappa shape index (κ3) is 2.36. The zero-order valence-corrected chi connectivity index (χ0v) is 11.8. The van der Waals surface area contributed by atoms with E-state index in [1.165, 1.54) is 0 Å². The van der Waals surface area contributed by atoms with Gasteiger partial charge in [0.05, 0.1) is 5.52 Å². The Kier molecular flexibility index (Phi) is 3.37. The van der Waals surface area contributed by atoms with Crippen molar-refractivity contribution < 1.29 is 9.90 Å². The molecule has 2 aromatic rings. The zero-order valence-electron chi connectivity index (χ0n) is 11.0. The van der Waals surface area contributed by atoms with Crippen LogP contribution in [-0.2, 0) is 4.79 Å². The molecule has 0 aliphatic heterocycles. The van der Waals surface area contributed by atoms with Crippen molar-refractivity contribution in [2.24, 2.45) is 0 Å². The van der Waals surface area contributed by atoms with Crippen molar-refractivity contribution in [3.8, 4) is 0 Å². The topological polar surface area (TPSA) is 53.4 Å². The number of hydrogen-bond acceptors (Lipinski definition) is 3. The summed E-state index contributed by atoms with van der Waals surface area (Å²) < 4.78 is 0. The summed E-state index contributed by atoms with van der Waals surface area (Å²) in [7, 11) is 1.76. The number of aliphatic carboxylic acids is 1. The Labute approximate surface area is 116 Å². The fourth-order valence-corrected chi connectivity index (χ4v) is 2.01. The monoisotopic (exact) mass is 278 g/mol. The van der Waals surface area contributed by atoms with Crippen molar-refractivity contribution in [1.82, 2.24) is 4.98 Å². The van der Waals surface area contributed by atoms with Gasteiger partial charge in [0.1, 0.15) is 5.54 Å². The van der Waals surface area contributed by atoms with E-state index in [-0.39, 0.29) is 0 Å². The predicted octanol–water partition coefficient (Wildman–Crippen LogP) is 3.19. The Balaban J connectivity index is 2.60. The third-order valence-electron chi connectivity index (χ3n) is 3.41. The van der Waals surface area contributed by atoms with Crippen molar-refractivity contribution in [1.29, 1.82) is 0 Å². The van der Waals surface area contributed by atoms with Gasteiger partial charge in [0, 0.05) is 29.3 Å². The highest BCUT2D eigenvalue weighted by Gasteiger charge is 2.33. The zero-order chi connectivity index (χ0) is 14.2. The van der Waals surface area contributed by atoms with Gasteiger partial charge >= 0.3 is 5.97 Å². The van der Waals surface area contributed by atoms with E-state index in [2.05, 4.69) is 4.98 Å². The minimum Gasteiger partial charge on any atom is -0.480 e. The Hall–Kier alpha value is -1.81. The number of hydrogen-bond donors (Lipinski definition) is 1. The van der Waals surface area contributed by atoms with Gasteiger partial charge in [-0.25, -0.2) is 4.79 Å². The molecule has 2 rings (SSSR count). The molecule has 0 unspecified atom stereocenters. The van der Waals surface area contributed by atoms with E-state index in [9.17, 15) is 9.90 Å². The lowest BCUT2D eigenvalue weighted by molar-refractivity contribution is -0.142. The van der Waals surface area contributed by atoms with Gasteiger partial charge in [-0.15, -0.1) is 0 Å². The van der Waals surface area contributed by atoms with E-state index < -0.39 is 11.5 Å². The Morgan fingerprint density at radius 3 is 2.68 bits per heavy atom. The molecular weight excluding hydrogens is 264 g/mol. The molecule has 0 aliphatic carbocycles. The second-order valence-corrected chi connectivity index (χ2v) is 5.35. The number of carbonyl (C=O) groups is 1. The summed E-state index contributed by atoms with van der Waals surface area (Å²) in [4.78, 5) is 17.3. The quantitative estimate of drug-likeness (QED) is 0.937. The number of halogens is 1. The van der Waals surface area contributed by atoms with Crippen LogP contribution in [0.25, 0.3) is 10.9 Å². The van der Waals surface area contributed by atoms with Gasteiger partial charge in [0.2, 0.25) is 0 Å². The van der Waals surface area contributed by atoms with Gasteiger partial charge in [0.15, 0.2) is 0 Å². The number of benzene rings is 1. The molecule has 0 atom stereocenters. The smallest absolute Gasteiger partial charge is 0.328 e. The van der Waals surface area contributed by atoms with E-state index in [4.69, 9.17) is 11.6 Å². The number of aromatic nitrogens is 1. The summed E-state index contributed by atoms with van der Waals surface area (Å²) in [5.74, 6) is -0.881. The molecule has 0 saturated carbocycles. The molecule has 19 heavy (non-hydrogen) atoms. The van der Waals surface area contributed by atoms with Gasteiger partial charge in [0.25, 0.3) is 0 Å². The van der Waals surface area contributed by atoms with E-state index in [0.717, 1.165) is 16.6 Å². The van der Waals surface area contributed by atoms with Crippen LogP contribution in [0.2, 0.25) is 5.02 Å². The molecule has 100 valence electrons. The highest BCUT2D eigenvalue weighted by molar-refractivity contribution is 6.31. The van der Waals surface area contributed by atoms with Gasteiger partial charge in [-0.05, 0) is 38.1 Å². The number of likely N-dealkylation sites (N-methyl/N-ethyl adjacent to an activating group) is 1. The lowest BCUT2D eigenvalue weighted by Crippen LogP contribution is -2.48. The van der Waals surface area contributed by atoms with Crippen LogP contribution in [0.1, 0.15) is 13.8 Å². The van der Waals surface area contributed by atoms with Crippen LogP contribution in [-0.4, -0.2) is 28.6 Å². The van der Waals surface area contributed by atoms with E-state index in [1.54, 1.807) is 50.2 Å². The molecule has 0 radical (unpaired) electrons. The van der Waals surface area contributed by atoms with Crippen LogP contribution in [0.3, 0.4) is 0 Å². The molecule has 4 nitrogen and oxygen atoms in total. The Bertz CT molecular complexity index is 640. The lowest BCUT2D eigenvalue weighted by Gasteiger charge is -2.34. The molecule has 1 N–H and O–H groups in total. The molecule has 1 aromatic heterocycles. The fourth-order valence-electron chi connectivity index (χ4n) is 1.84. The number of anilines is 1. The van der Waals surface area contributed by atoms with Crippen LogP contribution < -0.4 is 4.90 Å². The first-order valence-electron chi connectivity index (χ1n) is 5.85. The first-order chi connectivity index (χ1) is 8.84. The summed E-state index contributed by atoms with van der Waals surface area (Å²) >= 11 is 5.94. The molecule has 1 heterocycles. The van der Waals surface area contributed by atoms with Gasteiger partial charge < -0.3 is 10.0 Å². The molecule has 0 bridgehead atoms. The summed E-state index contributed by atoms with van der Waals surface area (Å²) in [6, 6.07) is 7.20. The van der Waals surface area contributed by atoms with E-state index in [0.29, 0.717) is 5.02 Å². The van der Waals surface area contributed by atoms with Gasteiger partial charge in [-0.1, -0.05) is 11.6 Å². The molecular formula is C14H15ClN2O2. The average molecular weight is 279 g/mol. The molecule has 1 aromatic carbocycles. The van der Waals surface area contributed by atoms with Crippen LogP contribution >= 0.6 is 11.6 Å². The number of pyridine rings is 1.